The van der Waals surface area contributed by atoms with Crippen LogP contribution in [0.15, 0.2) is 42.5 Å². The van der Waals surface area contributed by atoms with E-state index in [0.717, 1.165) is 32.1 Å². The molecule has 2 nitrogen and oxygen atoms in total. The summed E-state index contributed by atoms with van der Waals surface area (Å²) in [5, 5.41) is 2.17. The quantitative estimate of drug-likeness (QED) is 0.480. The number of aromatic nitrogens is 1. The van der Waals surface area contributed by atoms with Crippen molar-refractivity contribution in [2.75, 3.05) is 7.11 Å². The molecular weight excluding hydrogens is 242 g/mol. The minimum absolute atomic E-state index is 0.837. The highest BCUT2D eigenvalue weighted by Gasteiger charge is 2.06. The SMILES string of the molecule is COc1ccc2c(c1)c(=S)c1ccccc1n2C. The Bertz CT molecular complexity index is 805. The van der Waals surface area contributed by atoms with Crippen molar-refractivity contribution < 1.29 is 4.74 Å². The molecule has 1 heterocycles. The van der Waals surface area contributed by atoms with E-state index in [1.165, 1.54) is 0 Å². The van der Waals surface area contributed by atoms with Crippen molar-refractivity contribution in [2.24, 2.45) is 7.05 Å². The Labute approximate surface area is 110 Å². The summed E-state index contributed by atoms with van der Waals surface area (Å²) in [6.07, 6.45) is 0. The number of para-hydroxylation sites is 1. The van der Waals surface area contributed by atoms with Gasteiger partial charge in [0.05, 0.1) is 11.6 Å². The first-order valence-electron chi connectivity index (χ1n) is 5.78. The highest BCUT2D eigenvalue weighted by molar-refractivity contribution is 7.72. The van der Waals surface area contributed by atoms with Crippen LogP contribution in [-0.2, 0) is 7.05 Å². The second kappa shape index (κ2) is 4.10. The smallest absolute Gasteiger partial charge is 0.119 e. The van der Waals surface area contributed by atoms with Gasteiger partial charge in [-0.15, -0.1) is 0 Å². The first-order valence-corrected chi connectivity index (χ1v) is 6.18. The predicted molar refractivity (Wildman–Crippen MR) is 77.8 cm³/mol. The van der Waals surface area contributed by atoms with Crippen LogP contribution in [0.3, 0.4) is 0 Å². The molecule has 0 saturated carbocycles. The van der Waals surface area contributed by atoms with Crippen molar-refractivity contribution in [1.82, 2.24) is 4.57 Å². The molecule has 90 valence electrons. The van der Waals surface area contributed by atoms with Gasteiger partial charge in [-0.2, -0.15) is 0 Å². The van der Waals surface area contributed by atoms with Crippen LogP contribution in [0.5, 0.6) is 5.75 Å². The topological polar surface area (TPSA) is 14.2 Å². The lowest BCUT2D eigenvalue weighted by atomic mass is 10.1. The van der Waals surface area contributed by atoms with E-state index in [9.17, 15) is 0 Å². The molecule has 3 aromatic rings. The Hall–Kier alpha value is -1.87. The Morgan fingerprint density at radius 1 is 1.00 bits per heavy atom. The summed E-state index contributed by atoms with van der Waals surface area (Å²) >= 11 is 5.59. The molecule has 0 fully saturated rings. The Morgan fingerprint density at radius 2 is 1.72 bits per heavy atom. The molecule has 0 aliphatic heterocycles. The lowest BCUT2D eigenvalue weighted by Gasteiger charge is -2.12. The standard InChI is InChI=1S/C15H13NOS/c1-16-13-6-4-3-5-11(13)15(18)12-9-10(17-2)7-8-14(12)16/h3-9H,1-2H3. The highest BCUT2D eigenvalue weighted by Crippen LogP contribution is 2.27. The minimum Gasteiger partial charge on any atom is -0.497 e. The maximum Gasteiger partial charge on any atom is 0.119 e. The number of methoxy groups -OCH3 is 1. The fourth-order valence-corrected chi connectivity index (χ4v) is 2.69. The average molecular weight is 255 g/mol. The molecule has 0 aliphatic carbocycles. The summed E-state index contributed by atoms with van der Waals surface area (Å²) in [5.74, 6) is 0.837. The average Bonchev–Trinajstić information content (AvgIpc) is 2.44. The fourth-order valence-electron chi connectivity index (χ4n) is 2.35. The number of nitrogens with zero attached hydrogens (tertiary/aromatic N) is 1. The van der Waals surface area contributed by atoms with E-state index in [0.29, 0.717) is 0 Å². The van der Waals surface area contributed by atoms with Gasteiger partial charge >= 0.3 is 0 Å². The zero-order valence-corrected chi connectivity index (χ0v) is 11.1. The van der Waals surface area contributed by atoms with Crippen molar-refractivity contribution in [3.05, 3.63) is 47.0 Å². The lowest BCUT2D eigenvalue weighted by molar-refractivity contribution is 0.415. The maximum absolute atomic E-state index is 5.59. The largest absolute Gasteiger partial charge is 0.497 e. The lowest BCUT2D eigenvalue weighted by Crippen LogP contribution is -1.96. The van der Waals surface area contributed by atoms with Gasteiger partial charge in [-0.1, -0.05) is 30.4 Å². The van der Waals surface area contributed by atoms with Gasteiger partial charge in [-0.25, -0.2) is 0 Å². The molecule has 0 bridgehead atoms. The second-order valence-corrected chi connectivity index (χ2v) is 4.70. The third kappa shape index (κ3) is 1.51. The van der Waals surface area contributed by atoms with Crippen molar-refractivity contribution in [3.63, 3.8) is 0 Å². The Kier molecular flexibility index (Phi) is 2.56. The van der Waals surface area contributed by atoms with Gasteiger partial charge in [0.25, 0.3) is 0 Å². The molecule has 0 spiro atoms. The van der Waals surface area contributed by atoms with Gasteiger partial charge in [0, 0.05) is 28.9 Å². The Morgan fingerprint density at radius 3 is 2.50 bits per heavy atom. The molecule has 2 aromatic carbocycles. The van der Waals surface area contributed by atoms with Crippen LogP contribution >= 0.6 is 12.2 Å². The normalized spacial score (nSPS) is 11.0. The first-order chi connectivity index (χ1) is 8.72. The van der Waals surface area contributed by atoms with Crippen molar-refractivity contribution in [2.45, 2.75) is 0 Å². The first kappa shape index (κ1) is 11.2. The molecule has 3 heteroatoms. The van der Waals surface area contributed by atoms with E-state index < -0.39 is 0 Å². The summed E-state index contributed by atoms with van der Waals surface area (Å²) in [6.45, 7) is 0. The number of hydrogen-bond donors (Lipinski definition) is 0. The molecule has 0 amide bonds. The van der Waals surface area contributed by atoms with Gasteiger partial charge in [0.2, 0.25) is 0 Å². The van der Waals surface area contributed by atoms with Crippen LogP contribution in [-0.4, -0.2) is 11.7 Å². The fraction of sp³-hybridized carbons (Fsp3) is 0.133. The summed E-state index contributed by atoms with van der Waals surface area (Å²) in [6, 6.07) is 14.2. The highest BCUT2D eigenvalue weighted by atomic mass is 32.1. The van der Waals surface area contributed by atoms with Gasteiger partial charge in [0.15, 0.2) is 0 Å². The molecular formula is C15H13NOS. The van der Waals surface area contributed by atoms with Crippen LogP contribution in [0.2, 0.25) is 0 Å². The molecule has 0 N–H and O–H groups in total. The van der Waals surface area contributed by atoms with Crippen LogP contribution in [0, 0.1) is 4.51 Å². The van der Waals surface area contributed by atoms with E-state index in [4.69, 9.17) is 17.0 Å². The van der Waals surface area contributed by atoms with Crippen molar-refractivity contribution in [3.8, 4) is 5.75 Å². The van der Waals surface area contributed by atoms with E-state index >= 15 is 0 Å². The zero-order chi connectivity index (χ0) is 12.7. The minimum atomic E-state index is 0.837. The molecule has 0 radical (unpaired) electrons. The maximum atomic E-state index is 5.59. The number of benzene rings is 2. The van der Waals surface area contributed by atoms with E-state index in [1.54, 1.807) is 7.11 Å². The zero-order valence-electron chi connectivity index (χ0n) is 10.3. The molecule has 1 aromatic heterocycles. The van der Waals surface area contributed by atoms with Crippen molar-refractivity contribution >= 4 is 34.0 Å². The van der Waals surface area contributed by atoms with Crippen LogP contribution in [0.25, 0.3) is 21.8 Å². The van der Waals surface area contributed by atoms with Crippen LogP contribution in [0.1, 0.15) is 0 Å². The van der Waals surface area contributed by atoms with Crippen molar-refractivity contribution in [1.29, 1.82) is 0 Å². The summed E-state index contributed by atoms with van der Waals surface area (Å²) < 4.78 is 8.33. The predicted octanol–water partition coefficient (Wildman–Crippen LogP) is 4.07. The number of hydrogen-bond acceptors (Lipinski definition) is 2. The molecule has 18 heavy (non-hydrogen) atoms. The number of fused-ring (bicyclic) bond motifs is 2. The molecule has 0 aliphatic rings. The van der Waals surface area contributed by atoms with Crippen LogP contribution < -0.4 is 4.74 Å². The molecule has 0 atom stereocenters. The molecule has 3 rings (SSSR count). The van der Waals surface area contributed by atoms with E-state index in [1.807, 2.05) is 24.3 Å². The third-order valence-corrected chi connectivity index (χ3v) is 3.76. The van der Waals surface area contributed by atoms with Gasteiger partial charge in [0.1, 0.15) is 5.75 Å². The van der Waals surface area contributed by atoms with Crippen LogP contribution in [0.4, 0.5) is 0 Å². The second-order valence-electron chi connectivity index (χ2n) is 4.29. The summed E-state index contributed by atoms with van der Waals surface area (Å²) in [5.41, 5.74) is 2.28. The number of ether oxygens (including phenoxy) is 1. The molecule has 0 saturated heterocycles. The number of aryl methyl sites for hydroxylation is 1. The van der Waals surface area contributed by atoms with E-state index in [-0.39, 0.29) is 0 Å². The Balaban J connectivity index is 2.58. The monoisotopic (exact) mass is 255 g/mol. The third-order valence-electron chi connectivity index (χ3n) is 3.32. The molecule has 0 unspecified atom stereocenters. The summed E-state index contributed by atoms with van der Waals surface area (Å²) in [4.78, 5) is 0. The van der Waals surface area contributed by atoms with E-state index in [2.05, 4.69) is 29.8 Å². The number of pyridine rings is 1. The van der Waals surface area contributed by atoms with Gasteiger partial charge < -0.3 is 9.30 Å². The van der Waals surface area contributed by atoms with Gasteiger partial charge in [-0.05, 0) is 24.3 Å². The summed E-state index contributed by atoms with van der Waals surface area (Å²) in [7, 11) is 3.73. The van der Waals surface area contributed by atoms with Gasteiger partial charge in [-0.3, -0.25) is 0 Å². The number of rotatable bonds is 1.